The van der Waals surface area contributed by atoms with Gasteiger partial charge in [-0.2, -0.15) is 0 Å². The minimum atomic E-state index is -0.690. The molecule has 0 aliphatic heterocycles. The Labute approximate surface area is 128 Å². The number of aromatic nitrogens is 2. The number of halogens is 3. The summed E-state index contributed by atoms with van der Waals surface area (Å²) in [7, 11) is 0. The molecule has 0 aliphatic rings. The molecule has 1 heterocycles. The Hall–Kier alpha value is -2.21. The second kappa shape index (κ2) is 5.65. The van der Waals surface area contributed by atoms with E-state index in [0.717, 1.165) is 5.69 Å². The first kappa shape index (κ1) is 13.8. The molecule has 0 atom stereocenters. The summed E-state index contributed by atoms with van der Waals surface area (Å²) in [6.45, 7) is 0. The Morgan fingerprint density at radius 1 is 1.05 bits per heavy atom. The first-order valence-corrected chi connectivity index (χ1v) is 6.95. The van der Waals surface area contributed by atoms with Crippen LogP contribution in [0.1, 0.15) is 0 Å². The number of nitrogens with zero attached hydrogens (tertiary/aromatic N) is 2. The number of rotatable bonds is 3. The maximum absolute atomic E-state index is 13.9. The molecular formula is C15H10BrF2N3. The van der Waals surface area contributed by atoms with Crippen LogP contribution in [0.2, 0.25) is 0 Å². The molecule has 3 rings (SSSR count). The first-order valence-electron chi connectivity index (χ1n) is 6.15. The van der Waals surface area contributed by atoms with E-state index in [1.54, 1.807) is 17.0 Å². The zero-order valence-electron chi connectivity index (χ0n) is 10.7. The molecule has 0 saturated carbocycles. The van der Waals surface area contributed by atoms with Gasteiger partial charge in [-0.1, -0.05) is 34.1 Å². The van der Waals surface area contributed by atoms with Crippen LogP contribution < -0.4 is 5.32 Å². The summed E-state index contributed by atoms with van der Waals surface area (Å²) in [4.78, 5) is 4.10. The third-order valence-corrected chi connectivity index (χ3v) is 3.38. The maximum Gasteiger partial charge on any atom is 0.212 e. The van der Waals surface area contributed by atoms with Crippen molar-refractivity contribution >= 4 is 27.6 Å². The molecule has 0 fully saturated rings. The number of hydrogen-bond acceptors (Lipinski definition) is 2. The van der Waals surface area contributed by atoms with E-state index in [-0.39, 0.29) is 5.69 Å². The molecule has 0 saturated heterocycles. The average molecular weight is 350 g/mol. The predicted octanol–water partition coefficient (Wildman–Crippen LogP) is 4.66. The van der Waals surface area contributed by atoms with Crippen molar-refractivity contribution in [2.75, 3.05) is 5.32 Å². The highest BCUT2D eigenvalue weighted by Gasteiger charge is 2.13. The third-order valence-electron chi connectivity index (χ3n) is 2.92. The molecule has 0 radical (unpaired) electrons. The summed E-state index contributed by atoms with van der Waals surface area (Å²) in [6, 6.07) is 11.8. The van der Waals surface area contributed by atoms with E-state index in [0.29, 0.717) is 10.4 Å². The zero-order valence-corrected chi connectivity index (χ0v) is 12.3. The van der Waals surface area contributed by atoms with E-state index in [2.05, 4.69) is 26.2 Å². The van der Waals surface area contributed by atoms with Gasteiger partial charge in [-0.15, -0.1) is 0 Å². The monoisotopic (exact) mass is 349 g/mol. The van der Waals surface area contributed by atoms with Gasteiger partial charge in [-0.05, 0) is 24.3 Å². The van der Waals surface area contributed by atoms with Gasteiger partial charge >= 0.3 is 0 Å². The van der Waals surface area contributed by atoms with E-state index in [1.807, 2.05) is 30.3 Å². The molecular weight excluding hydrogens is 340 g/mol. The van der Waals surface area contributed by atoms with Gasteiger partial charge in [0.05, 0.1) is 0 Å². The van der Waals surface area contributed by atoms with E-state index >= 15 is 0 Å². The molecule has 0 aliphatic carbocycles. The summed E-state index contributed by atoms with van der Waals surface area (Å²) in [5.74, 6) is -1.05. The van der Waals surface area contributed by atoms with Crippen LogP contribution in [0.4, 0.5) is 20.4 Å². The molecule has 0 amide bonds. The lowest BCUT2D eigenvalue weighted by Crippen LogP contribution is -2.04. The van der Waals surface area contributed by atoms with Gasteiger partial charge in [0.1, 0.15) is 5.69 Å². The van der Waals surface area contributed by atoms with Crippen LogP contribution in [0.5, 0.6) is 0 Å². The minimum Gasteiger partial charge on any atom is -0.320 e. The Morgan fingerprint density at radius 2 is 1.71 bits per heavy atom. The molecule has 3 aromatic rings. The van der Waals surface area contributed by atoms with Crippen molar-refractivity contribution in [3.63, 3.8) is 0 Å². The fraction of sp³-hybridized carbons (Fsp3) is 0. The highest BCUT2D eigenvalue weighted by molar-refractivity contribution is 9.10. The fourth-order valence-corrected chi connectivity index (χ4v) is 2.37. The Kier molecular flexibility index (Phi) is 3.70. The summed E-state index contributed by atoms with van der Waals surface area (Å²) in [6.07, 6.45) is 3.27. The molecule has 0 spiro atoms. The number of para-hydroxylation sites is 1. The predicted molar refractivity (Wildman–Crippen MR) is 80.9 cm³/mol. The summed E-state index contributed by atoms with van der Waals surface area (Å²) < 4.78 is 29.8. The standard InChI is InChI=1S/C15H10BrF2N3/c16-10-8-12(17)14(13(18)9-10)20-15-19-6-7-21(15)11-4-2-1-3-5-11/h1-9H,(H,19,20). The van der Waals surface area contributed by atoms with E-state index in [9.17, 15) is 8.78 Å². The van der Waals surface area contributed by atoms with Crippen LogP contribution in [0.15, 0.2) is 59.3 Å². The van der Waals surface area contributed by atoms with Crippen molar-refractivity contribution in [1.29, 1.82) is 0 Å². The Morgan fingerprint density at radius 3 is 2.38 bits per heavy atom. The highest BCUT2D eigenvalue weighted by atomic mass is 79.9. The lowest BCUT2D eigenvalue weighted by molar-refractivity contribution is 0.589. The second-order valence-electron chi connectivity index (χ2n) is 4.33. The molecule has 2 aromatic carbocycles. The third kappa shape index (κ3) is 2.80. The first-order chi connectivity index (χ1) is 10.1. The molecule has 106 valence electrons. The number of nitrogens with one attached hydrogen (secondary N) is 1. The van der Waals surface area contributed by atoms with Gasteiger partial charge in [0.2, 0.25) is 5.95 Å². The van der Waals surface area contributed by atoms with Gasteiger partial charge in [0.25, 0.3) is 0 Å². The van der Waals surface area contributed by atoms with E-state index < -0.39 is 11.6 Å². The number of hydrogen-bond donors (Lipinski definition) is 1. The van der Waals surface area contributed by atoms with Crippen LogP contribution in [-0.4, -0.2) is 9.55 Å². The largest absolute Gasteiger partial charge is 0.320 e. The summed E-state index contributed by atoms with van der Waals surface area (Å²) in [5, 5.41) is 2.70. The Bertz CT molecular complexity index is 749. The highest BCUT2D eigenvalue weighted by Crippen LogP contribution is 2.27. The molecule has 3 nitrogen and oxygen atoms in total. The average Bonchev–Trinajstić information content (AvgIpc) is 2.92. The molecule has 0 unspecified atom stereocenters. The normalized spacial score (nSPS) is 10.6. The van der Waals surface area contributed by atoms with Crippen LogP contribution in [0.3, 0.4) is 0 Å². The molecule has 1 aromatic heterocycles. The summed E-state index contributed by atoms with van der Waals surface area (Å²) >= 11 is 3.05. The smallest absolute Gasteiger partial charge is 0.212 e. The second-order valence-corrected chi connectivity index (χ2v) is 5.24. The van der Waals surface area contributed by atoms with Crippen molar-refractivity contribution < 1.29 is 8.78 Å². The van der Waals surface area contributed by atoms with Crippen LogP contribution in [-0.2, 0) is 0 Å². The van der Waals surface area contributed by atoms with Crippen molar-refractivity contribution in [3.05, 3.63) is 71.0 Å². The Balaban J connectivity index is 1.99. The van der Waals surface area contributed by atoms with Gasteiger partial charge < -0.3 is 5.32 Å². The number of anilines is 2. The van der Waals surface area contributed by atoms with Gasteiger partial charge in [-0.25, -0.2) is 13.8 Å². The quantitative estimate of drug-likeness (QED) is 0.745. The van der Waals surface area contributed by atoms with E-state index in [1.165, 1.54) is 12.1 Å². The topological polar surface area (TPSA) is 29.9 Å². The van der Waals surface area contributed by atoms with Gasteiger partial charge in [0.15, 0.2) is 11.6 Å². The maximum atomic E-state index is 13.9. The lowest BCUT2D eigenvalue weighted by atomic mass is 10.3. The van der Waals surface area contributed by atoms with Gasteiger partial charge in [0, 0.05) is 22.6 Å². The number of benzene rings is 2. The minimum absolute atomic E-state index is 0.235. The molecule has 6 heteroatoms. The molecule has 0 bridgehead atoms. The van der Waals surface area contributed by atoms with Crippen LogP contribution in [0, 0.1) is 11.6 Å². The van der Waals surface area contributed by atoms with Crippen molar-refractivity contribution in [1.82, 2.24) is 9.55 Å². The summed E-state index contributed by atoms with van der Waals surface area (Å²) in [5.41, 5.74) is 0.608. The van der Waals surface area contributed by atoms with Crippen molar-refractivity contribution in [2.45, 2.75) is 0 Å². The lowest BCUT2D eigenvalue weighted by Gasteiger charge is -2.11. The van der Waals surface area contributed by atoms with Crippen LogP contribution in [0.25, 0.3) is 5.69 Å². The van der Waals surface area contributed by atoms with Crippen molar-refractivity contribution in [2.24, 2.45) is 0 Å². The SMILES string of the molecule is Fc1cc(Br)cc(F)c1Nc1nccn1-c1ccccc1. The van der Waals surface area contributed by atoms with Crippen molar-refractivity contribution in [3.8, 4) is 5.69 Å². The van der Waals surface area contributed by atoms with Gasteiger partial charge in [-0.3, -0.25) is 4.57 Å². The fourth-order valence-electron chi connectivity index (χ4n) is 1.97. The zero-order chi connectivity index (χ0) is 14.8. The molecule has 21 heavy (non-hydrogen) atoms. The number of imidazole rings is 1. The molecule has 1 N–H and O–H groups in total. The van der Waals surface area contributed by atoms with Crippen LogP contribution >= 0.6 is 15.9 Å². The van der Waals surface area contributed by atoms with E-state index in [4.69, 9.17) is 0 Å².